The van der Waals surface area contributed by atoms with E-state index in [1.807, 2.05) is 0 Å². The molecule has 5 aliphatic rings. The molecule has 0 spiro atoms. The van der Waals surface area contributed by atoms with Crippen LogP contribution in [0.1, 0.15) is 13.8 Å². The minimum atomic E-state index is -1.54. The van der Waals surface area contributed by atoms with Crippen LogP contribution in [0.4, 0.5) is 11.4 Å². The molecule has 2 heterocycles. The van der Waals surface area contributed by atoms with Crippen molar-refractivity contribution in [2.45, 2.75) is 13.8 Å². The van der Waals surface area contributed by atoms with E-state index in [-0.39, 0.29) is 22.7 Å². The molecule has 2 unspecified atom stereocenters. The molecule has 0 N–H and O–H groups in total. The third-order valence-corrected chi connectivity index (χ3v) is 9.96. The van der Waals surface area contributed by atoms with Gasteiger partial charge in [-0.25, -0.2) is 14.6 Å². The summed E-state index contributed by atoms with van der Waals surface area (Å²) in [5.74, 6) is -7.56. The van der Waals surface area contributed by atoms with Gasteiger partial charge in [-0.3, -0.25) is 19.2 Å². The largest absolute Gasteiger partial charge is 0.423 e. The monoisotopic (exact) mass is 614 g/mol. The van der Waals surface area contributed by atoms with E-state index in [2.05, 4.69) is 0 Å². The number of anilines is 2. The van der Waals surface area contributed by atoms with Crippen LogP contribution in [0.25, 0.3) is 0 Å². The van der Waals surface area contributed by atoms with Gasteiger partial charge in [0.15, 0.2) is 0 Å². The molecular weight excluding hydrogens is 591 g/mol. The summed E-state index contributed by atoms with van der Waals surface area (Å²) in [4.78, 5) is 73.1. The molecule has 2 saturated heterocycles. The topological polar surface area (TPSA) is 101 Å². The highest BCUT2D eigenvalue weighted by Crippen LogP contribution is 2.68. The Labute approximate surface area is 256 Å². The van der Waals surface area contributed by atoms with Crippen LogP contribution in [0.5, 0.6) is 5.75 Å². The molecule has 8 nitrogen and oxygen atoms in total. The minimum absolute atomic E-state index is 0.145. The second-order valence-corrected chi connectivity index (χ2v) is 12.4. The SMILES string of the molecule is CC1=C(C(=O)Oc2ccccc2)C2(C)[C@@H]3C(=O)N(c4cccc(Cl)c4)C(=O)[C@H]3C1[C@H]1C(=O)N(c3cccc(Cl)c3)C(=O)[C@@H]12. The predicted octanol–water partition coefficient (Wildman–Crippen LogP) is 5.48. The quantitative estimate of drug-likeness (QED) is 0.219. The average Bonchev–Trinajstić information content (AvgIpc) is 3.39. The van der Waals surface area contributed by atoms with Gasteiger partial charge in [-0.1, -0.05) is 66.0 Å². The van der Waals surface area contributed by atoms with E-state index >= 15 is 0 Å². The Bertz CT molecular complexity index is 1710. The first-order valence-electron chi connectivity index (χ1n) is 13.8. The van der Waals surface area contributed by atoms with E-state index in [1.54, 1.807) is 80.6 Å². The predicted molar refractivity (Wildman–Crippen MR) is 158 cm³/mol. The summed E-state index contributed by atoms with van der Waals surface area (Å²) in [6, 6.07) is 21.2. The Morgan fingerprint density at radius 3 is 1.65 bits per heavy atom. The summed E-state index contributed by atoms with van der Waals surface area (Å²) in [7, 11) is 0. The first-order chi connectivity index (χ1) is 20.6. The van der Waals surface area contributed by atoms with Crippen LogP contribution in [0.3, 0.4) is 0 Å². The zero-order valence-electron chi connectivity index (χ0n) is 23.0. The van der Waals surface area contributed by atoms with Gasteiger partial charge in [0.05, 0.1) is 35.0 Å². The highest BCUT2D eigenvalue weighted by Gasteiger charge is 2.77. The molecule has 43 heavy (non-hydrogen) atoms. The Hall–Kier alpha value is -4.27. The van der Waals surface area contributed by atoms with Gasteiger partial charge < -0.3 is 4.74 Å². The number of nitrogens with zero attached hydrogens (tertiary/aromatic N) is 2. The van der Waals surface area contributed by atoms with Crippen molar-refractivity contribution in [2.75, 3.05) is 9.80 Å². The minimum Gasteiger partial charge on any atom is -0.423 e. The molecule has 0 aromatic heterocycles. The third kappa shape index (κ3) is 3.72. The van der Waals surface area contributed by atoms with Crippen molar-refractivity contribution in [3.63, 3.8) is 0 Å². The van der Waals surface area contributed by atoms with Crippen molar-refractivity contribution in [3.8, 4) is 5.75 Å². The van der Waals surface area contributed by atoms with Crippen LogP contribution in [-0.2, 0) is 24.0 Å². The second-order valence-electron chi connectivity index (χ2n) is 11.6. The molecule has 3 fully saturated rings. The molecule has 8 rings (SSSR count). The fourth-order valence-electron chi connectivity index (χ4n) is 7.99. The van der Waals surface area contributed by atoms with Crippen LogP contribution >= 0.6 is 23.2 Å². The molecule has 3 aromatic carbocycles. The molecular formula is C33H24Cl2N2O6. The zero-order chi connectivity index (χ0) is 30.4. The molecule has 3 aromatic rings. The van der Waals surface area contributed by atoms with Crippen LogP contribution in [-0.4, -0.2) is 29.6 Å². The highest BCUT2D eigenvalue weighted by molar-refractivity contribution is 6.32. The number of carbonyl (C=O) groups excluding carboxylic acids is 5. The van der Waals surface area contributed by atoms with Crippen molar-refractivity contribution in [3.05, 3.63) is 100 Å². The Morgan fingerprint density at radius 1 is 0.698 bits per heavy atom. The normalized spacial score (nSPS) is 29.3. The van der Waals surface area contributed by atoms with Gasteiger partial charge in [0.2, 0.25) is 23.6 Å². The number of halogens is 2. The summed E-state index contributed by atoms with van der Waals surface area (Å²) in [6.07, 6.45) is 0. The lowest BCUT2D eigenvalue weighted by molar-refractivity contribution is -0.152. The van der Waals surface area contributed by atoms with Gasteiger partial charge in [-0.2, -0.15) is 0 Å². The lowest BCUT2D eigenvalue weighted by Crippen LogP contribution is -2.61. The maximum atomic E-state index is 14.3. The fraction of sp³-hybridized carbons (Fsp3) is 0.242. The molecule has 4 amide bonds. The summed E-state index contributed by atoms with van der Waals surface area (Å²) in [5.41, 5.74) is -0.356. The first-order valence-corrected chi connectivity index (χ1v) is 14.6. The van der Waals surface area contributed by atoms with E-state index < -0.39 is 64.6 Å². The van der Waals surface area contributed by atoms with Gasteiger partial charge in [0.25, 0.3) is 0 Å². The average molecular weight is 615 g/mol. The molecule has 10 heteroatoms. The molecule has 6 atom stereocenters. The van der Waals surface area contributed by atoms with Gasteiger partial charge in [0.1, 0.15) is 5.75 Å². The van der Waals surface area contributed by atoms with Gasteiger partial charge >= 0.3 is 5.97 Å². The molecule has 3 aliphatic carbocycles. The van der Waals surface area contributed by atoms with Gasteiger partial charge in [0, 0.05) is 27.0 Å². The van der Waals surface area contributed by atoms with E-state index in [9.17, 15) is 24.0 Å². The molecule has 1 saturated carbocycles. The number of hydrogen-bond acceptors (Lipinski definition) is 6. The number of ether oxygens (including phenoxy) is 1. The number of allylic oxidation sites excluding steroid dienone is 1. The lowest BCUT2D eigenvalue weighted by atomic mass is 9.43. The van der Waals surface area contributed by atoms with Crippen LogP contribution in [0, 0.1) is 35.0 Å². The number of rotatable bonds is 4. The van der Waals surface area contributed by atoms with Crippen LogP contribution in [0.2, 0.25) is 10.0 Å². The molecule has 216 valence electrons. The second kappa shape index (κ2) is 9.62. The standard InChI is InChI=1S/C33H24Cl2N2O6/c1-16-22-23-26(30(40)36(28(23)38)19-10-6-8-17(34)14-19)33(2,25(16)32(42)43-21-12-4-3-5-13-21)27-24(22)29(39)37(31(27)41)20-11-7-9-18(35)15-20/h3-15,22-24,26-27H,1-2H3/t22?,23-,24+,26-,27+,33?. The van der Waals surface area contributed by atoms with E-state index in [4.69, 9.17) is 27.9 Å². The summed E-state index contributed by atoms with van der Waals surface area (Å²) in [6.45, 7) is 3.33. The van der Waals surface area contributed by atoms with E-state index in [0.717, 1.165) is 9.80 Å². The van der Waals surface area contributed by atoms with Gasteiger partial charge in [-0.05, 0) is 55.5 Å². The number of esters is 1. The van der Waals surface area contributed by atoms with Crippen molar-refractivity contribution in [1.29, 1.82) is 0 Å². The summed E-state index contributed by atoms with van der Waals surface area (Å²) >= 11 is 12.4. The highest BCUT2D eigenvalue weighted by atomic mass is 35.5. The number of amides is 4. The maximum absolute atomic E-state index is 14.3. The third-order valence-electron chi connectivity index (χ3n) is 9.49. The van der Waals surface area contributed by atoms with Crippen molar-refractivity contribution < 1.29 is 28.7 Å². The number of carbonyl (C=O) groups is 5. The molecule has 0 radical (unpaired) electrons. The van der Waals surface area contributed by atoms with Gasteiger partial charge in [-0.15, -0.1) is 0 Å². The van der Waals surface area contributed by atoms with E-state index in [0.29, 0.717) is 15.6 Å². The van der Waals surface area contributed by atoms with Crippen molar-refractivity contribution in [2.24, 2.45) is 35.0 Å². The van der Waals surface area contributed by atoms with Crippen LogP contribution in [0.15, 0.2) is 90.0 Å². The number of para-hydroxylation sites is 1. The zero-order valence-corrected chi connectivity index (χ0v) is 24.5. The van der Waals surface area contributed by atoms with Crippen LogP contribution < -0.4 is 14.5 Å². The maximum Gasteiger partial charge on any atom is 0.339 e. The van der Waals surface area contributed by atoms with E-state index in [1.165, 1.54) is 12.1 Å². The lowest BCUT2D eigenvalue weighted by Gasteiger charge is -2.55. The molecule has 2 bridgehead atoms. The number of hydrogen-bond donors (Lipinski definition) is 0. The summed E-state index contributed by atoms with van der Waals surface area (Å²) < 4.78 is 5.77. The Balaban J connectivity index is 1.41. The smallest absolute Gasteiger partial charge is 0.339 e. The van der Waals surface area contributed by atoms with Crippen molar-refractivity contribution in [1.82, 2.24) is 0 Å². The summed E-state index contributed by atoms with van der Waals surface area (Å²) in [5, 5.41) is 0.672. The number of benzene rings is 3. The first kappa shape index (κ1) is 27.6. The fourth-order valence-corrected chi connectivity index (χ4v) is 8.36. The Kier molecular flexibility index (Phi) is 6.17. The molecule has 2 aliphatic heterocycles. The van der Waals surface area contributed by atoms with Crippen molar-refractivity contribution >= 4 is 64.2 Å². The Morgan fingerprint density at radius 2 is 1.19 bits per heavy atom. The number of imide groups is 2.